The van der Waals surface area contributed by atoms with Crippen molar-refractivity contribution in [2.24, 2.45) is 20.0 Å². The minimum absolute atomic E-state index is 0. The molecule has 8 nitrogen and oxygen atoms in total. The van der Waals surface area contributed by atoms with Crippen molar-refractivity contribution in [2.75, 3.05) is 52.5 Å². The summed E-state index contributed by atoms with van der Waals surface area (Å²) in [6, 6.07) is 16.6. The molecule has 5 aliphatic heterocycles. The second-order valence-corrected chi connectivity index (χ2v) is 13.6. The zero-order valence-corrected chi connectivity index (χ0v) is 34.4. The molecule has 0 aromatic heterocycles. The van der Waals surface area contributed by atoms with Gasteiger partial charge in [0.25, 0.3) is 0 Å². The number of hydrogen-bond acceptors (Lipinski definition) is 8. The van der Waals surface area contributed by atoms with Gasteiger partial charge in [0.15, 0.2) is 0 Å². The van der Waals surface area contributed by atoms with Crippen LogP contribution in [-0.4, -0.2) is 85.1 Å². The maximum Gasteiger partial charge on any atom is 0.119 e. The number of aliphatic imine (C=N–C) groups is 4. The van der Waals surface area contributed by atoms with E-state index in [1.165, 1.54) is 0 Å². The van der Waals surface area contributed by atoms with Crippen molar-refractivity contribution in [3.63, 3.8) is 0 Å². The lowest BCUT2D eigenvalue weighted by atomic mass is 9.98. The Morgan fingerprint density at radius 2 is 0.857 bits per heavy atom. The lowest BCUT2D eigenvalue weighted by Crippen LogP contribution is -2.25. The van der Waals surface area contributed by atoms with Gasteiger partial charge >= 0.3 is 0 Å². The van der Waals surface area contributed by atoms with E-state index in [0.29, 0.717) is 13.2 Å². The normalized spacial score (nSPS) is 16.5. The summed E-state index contributed by atoms with van der Waals surface area (Å²) >= 11 is 0. The standard InChI is InChI=1S/C46H50N6O2.2ClH/c1-5-51(6-2)27-9-29-53-39-19-11-33(12-20-39)45-41-23-15-35(47-41)31-37-17-25-43(49-37)46(44-26-18-38(50-44)32-36-16-24-42(45)48-36)34-13-21-40(22-14-34)54-30-10-28-52(7-3)8-4;;/h11-26,31-32H,5-10,27-30H2,1-4H3;2*1H. The smallest absolute Gasteiger partial charge is 0.119 e. The fraction of sp³-hybridized carbons (Fsp3) is 0.304. The van der Waals surface area contributed by atoms with Gasteiger partial charge in [-0.1, -0.05) is 52.0 Å². The predicted octanol–water partition coefficient (Wildman–Crippen LogP) is 9.70. The molecule has 292 valence electrons. The Hall–Kier alpha value is -4.86. The molecule has 8 bridgehead atoms. The largest absolute Gasteiger partial charge is 0.494 e. The lowest BCUT2D eigenvalue weighted by Gasteiger charge is -2.17. The first kappa shape index (κ1) is 42.3. The van der Waals surface area contributed by atoms with Gasteiger partial charge in [-0.05, 0) is 135 Å². The number of halogens is 2. The topological polar surface area (TPSA) is 74.4 Å². The average Bonchev–Trinajstić information content (AvgIpc) is 4.04. The van der Waals surface area contributed by atoms with Crippen LogP contribution in [-0.2, 0) is 0 Å². The van der Waals surface area contributed by atoms with Crippen LogP contribution in [0, 0.1) is 0 Å². The van der Waals surface area contributed by atoms with Crippen LogP contribution in [0.4, 0.5) is 0 Å². The molecule has 0 saturated carbocycles. The Kier molecular flexibility index (Phi) is 15.4. The zero-order chi connectivity index (χ0) is 37.3. The maximum absolute atomic E-state index is 6.10. The SMILES string of the molecule is CCN(CC)CCCOc1ccc(C2=C3C=CC(=N3)C=C3C=CC(=N3)C(c3ccc(OCCCN(CC)CC)cc3)=C3C=CC(=N3)C=C3C=CC2=N3)cc1.Cl.Cl. The van der Waals surface area contributed by atoms with E-state index in [-0.39, 0.29) is 24.8 Å². The van der Waals surface area contributed by atoms with Crippen LogP contribution >= 0.6 is 24.8 Å². The third-order valence-corrected chi connectivity index (χ3v) is 10.1. The maximum atomic E-state index is 6.10. The Morgan fingerprint density at radius 1 is 0.464 bits per heavy atom. The molecule has 0 N–H and O–H groups in total. The second-order valence-electron chi connectivity index (χ2n) is 13.6. The first-order valence-corrected chi connectivity index (χ1v) is 19.4. The van der Waals surface area contributed by atoms with Crippen molar-refractivity contribution < 1.29 is 9.47 Å². The van der Waals surface area contributed by atoms with Gasteiger partial charge in [-0.25, -0.2) is 20.0 Å². The molecular weight excluding hydrogens is 739 g/mol. The molecule has 0 spiro atoms. The minimum atomic E-state index is 0. The number of nitrogens with zero attached hydrogens (tertiary/aromatic N) is 6. The number of allylic oxidation sites excluding steroid dienone is 12. The minimum Gasteiger partial charge on any atom is -0.494 e. The van der Waals surface area contributed by atoms with Crippen LogP contribution < -0.4 is 9.47 Å². The third kappa shape index (κ3) is 10.3. The molecular formula is C46H52Cl2N6O2. The molecule has 10 heteroatoms. The molecule has 0 atom stereocenters. The van der Waals surface area contributed by atoms with Crippen LogP contribution in [0.5, 0.6) is 11.5 Å². The summed E-state index contributed by atoms with van der Waals surface area (Å²) < 4.78 is 12.2. The van der Waals surface area contributed by atoms with Gasteiger partial charge in [0.1, 0.15) is 11.5 Å². The van der Waals surface area contributed by atoms with E-state index in [0.717, 1.165) is 132 Å². The highest BCUT2D eigenvalue weighted by Crippen LogP contribution is 2.33. The number of rotatable bonds is 16. The van der Waals surface area contributed by atoms with E-state index in [2.05, 4.69) is 86.1 Å². The molecule has 7 rings (SSSR count). The predicted molar refractivity (Wildman–Crippen MR) is 239 cm³/mol. The van der Waals surface area contributed by atoms with Crippen molar-refractivity contribution in [3.8, 4) is 11.5 Å². The van der Waals surface area contributed by atoms with Crippen molar-refractivity contribution >= 4 is 58.8 Å². The number of hydrogen-bond donors (Lipinski definition) is 0. The van der Waals surface area contributed by atoms with Crippen LogP contribution in [0.1, 0.15) is 51.7 Å². The average molecular weight is 792 g/mol. The number of ether oxygens (including phenoxy) is 2. The molecule has 5 aliphatic rings. The molecule has 0 unspecified atom stereocenters. The Morgan fingerprint density at radius 3 is 1.23 bits per heavy atom. The fourth-order valence-electron chi connectivity index (χ4n) is 7.02. The highest BCUT2D eigenvalue weighted by atomic mass is 35.5. The molecule has 2 aromatic rings. The summed E-state index contributed by atoms with van der Waals surface area (Å²) in [4.78, 5) is 25.1. The van der Waals surface area contributed by atoms with Crippen molar-refractivity contribution in [1.82, 2.24) is 9.80 Å². The van der Waals surface area contributed by atoms with Gasteiger partial charge in [-0.3, -0.25) is 0 Å². The van der Waals surface area contributed by atoms with Gasteiger partial charge in [0, 0.05) is 24.2 Å². The van der Waals surface area contributed by atoms with Crippen molar-refractivity contribution in [3.05, 3.63) is 143 Å². The molecule has 5 heterocycles. The van der Waals surface area contributed by atoms with Crippen LogP contribution in [0.2, 0.25) is 0 Å². The summed E-state index contributed by atoms with van der Waals surface area (Å²) in [7, 11) is 0. The van der Waals surface area contributed by atoms with E-state index < -0.39 is 0 Å². The van der Waals surface area contributed by atoms with Gasteiger partial charge in [-0.2, -0.15) is 0 Å². The van der Waals surface area contributed by atoms with Crippen molar-refractivity contribution in [1.29, 1.82) is 0 Å². The Bertz CT molecular complexity index is 1950. The molecule has 0 fully saturated rings. The Labute approximate surface area is 344 Å². The van der Waals surface area contributed by atoms with E-state index >= 15 is 0 Å². The van der Waals surface area contributed by atoms with E-state index in [1.54, 1.807) is 0 Å². The van der Waals surface area contributed by atoms with Crippen LogP contribution in [0.15, 0.2) is 152 Å². The number of fused-ring (bicyclic) bond motifs is 4. The van der Waals surface area contributed by atoms with Gasteiger partial charge in [0.2, 0.25) is 0 Å². The van der Waals surface area contributed by atoms with E-state index in [4.69, 9.17) is 29.4 Å². The zero-order valence-electron chi connectivity index (χ0n) is 32.8. The van der Waals surface area contributed by atoms with Crippen LogP contribution in [0.3, 0.4) is 0 Å². The van der Waals surface area contributed by atoms with Gasteiger partial charge in [0.05, 0.1) is 58.8 Å². The van der Waals surface area contributed by atoms with Gasteiger partial charge in [-0.15, -0.1) is 24.8 Å². The molecule has 56 heavy (non-hydrogen) atoms. The highest BCUT2D eigenvalue weighted by Gasteiger charge is 2.22. The summed E-state index contributed by atoms with van der Waals surface area (Å²) in [5, 5.41) is 0. The van der Waals surface area contributed by atoms with Gasteiger partial charge < -0.3 is 19.3 Å². The van der Waals surface area contributed by atoms with E-state index in [9.17, 15) is 0 Å². The molecule has 0 radical (unpaired) electrons. The van der Waals surface area contributed by atoms with E-state index in [1.807, 2.05) is 60.7 Å². The first-order valence-electron chi connectivity index (χ1n) is 19.4. The number of benzene rings is 2. The summed E-state index contributed by atoms with van der Waals surface area (Å²) in [5.74, 6) is 1.72. The van der Waals surface area contributed by atoms with Crippen LogP contribution in [0.25, 0.3) is 11.1 Å². The molecule has 0 amide bonds. The quantitative estimate of drug-likeness (QED) is 0.159. The monoisotopic (exact) mass is 790 g/mol. The summed E-state index contributed by atoms with van der Waals surface area (Å²) in [5.41, 5.74) is 10.8. The fourth-order valence-corrected chi connectivity index (χ4v) is 7.02. The second kappa shape index (κ2) is 20.3. The Balaban J connectivity index is 0.00000300. The van der Waals surface area contributed by atoms with Crippen molar-refractivity contribution in [2.45, 2.75) is 40.5 Å². The molecule has 2 aromatic carbocycles. The summed E-state index contributed by atoms with van der Waals surface area (Å²) in [6.07, 6.45) is 22.5. The third-order valence-electron chi connectivity index (χ3n) is 10.1. The lowest BCUT2D eigenvalue weighted by molar-refractivity contribution is 0.249. The highest BCUT2D eigenvalue weighted by molar-refractivity contribution is 6.34. The summed E-state index contributed by atoms with van der Waals surface area (Å²) in [6.45, 7) is 16.5. The molecule has 0 aliphatic carbocycles. The first-order chi connectivity index (χ1) is 26.5. The molecule has 0 saturated heterocycles.